The fraction of sp³-hybridized carbons (Fsp3) is 0.588. The highest BCUT2D eigenvalue weighted by Gasteiger charge is 2.22. The molecule has 1 fully saturated rings. The van der Waals surface area contributed by atoms with Crippen LogP contribution in [0.15, 0.2) is 24.3 Å². The first-order valence-corrected chi connectivity index (χ1v) is 8.03. The number of hydrogen-bond donors (Lipinski definition) is 2. The molecule has 0 saturated carbocycles. The van der Waals surface area contributed by atoms with Crippen LogP contribution in [0.25, 0.3) is 0 Å². The number of nitrogens with one attached hydrogen (secondary N) is 1. The van der Waals surface area contributed by atoms with Gasteiger partial charge >= 0.3 is 0 Å². The Morgan fingerprint density at radius 3 is 2.59 bits per heavy atom. The van der Waals surface area contributed by atoms with Crippen LogP contribution in [0.3, 0.4) is 0 Å². The van der Waals surface area contributed by atoms with Crippen molar-refractivity contribution in [3.05, 3.63) is 35.6 Å². The summed E-state index contributed by atoms with van der Waals surface area (Å²) < 4.78 is 12.8. The number of piperidine rings is 1. The van der Waals surface area contributed by atoms with Gasteiger partial charge in [0, 0.05) is 12.6 Å². The zero-order valence-corrected chi connectivity index (χ0v) is 13.2. The van der Waals surface area contributed by atoms with Crippen molar-refractivity contribution in [3.8, 4) is 0 Å². The zero-order chi connectivity index (χ0) is 15.9. The molecule has 1 unspecified atom stereocenters. The van der Waals surface area contributed by atoms with E-state index in [1.165, 1.54) is 12.1 Å². The molecule has 1 aliphatic rings. The fourth-order valence-corrected chi connectivity index (χ4v) is 2.89. The van der Waals surface area contributed by atoms with E-state index in [0.717, 1.165) is 37.9 Å². The Kier molecular flexibility index (Phi) is 6.34. The van der Waals surface area contributed by atoms with Gasteiger partial charge in [-0.1, -0.05) is 12.1 Å². The number of benzene rings is 1. The summed E-state index contributed by atoms with van der Waals surface area (Å²) in [6, 6.07) is 6.63. The number of carbonyl (C=O) groups excluding carboxylic acids is 1. The molecule has 1 saturated heterocycles. The van der Waals surface area contributed by atoms with Gasteiger partial charge in [0.25, 0.3) is 0 Å². The number of rotatable bonds is 6. The highest BCUT2D eigenvalue weighted by atomic mass is 19.1. The summed E-state index contributed by atoms with van der Waals surface area (Å²) in [6.45, 7) is 4.98. The second-order valence-electron chi connectivity index (χ2n) is 6.20. The van der Waals surface area contributed by atoms with Crippen LogP contribution in [0, 0.1) is 11.7 Å². The topological polar surface area (TPSA) is 58.4 Å². The highest BCUT2D eigenvalue weighted by Crippen LogP contribution is 2.18. The number of carbonyl (C=O) groups is 1. The highest BCUT2D eigenvalue weighted by molar-refractivity contribution is 5.78. The molecule has 1 atom stereocenters. The summed E-state index contributed by atoms with van der Waals surface area (Å²) in [7, 11) is 0. The third-order valence-corrected chi connectivity index (χ3v) is 4.39. The molecule has 1 aliphatic heterocycles. The van der Waals surface area contributed by atoms with E-state index < -0.39 is 0 Å². The van der Waals surface area contributed by atoms with Crippen LogP contribution < -0.4 is 11.1 Å². The maximum absolute atomic E-state index is 12.8. The van der Waals surface area contributed by atoms with E-state index in [9.17, 15) is 9.18 Å². The first-order chi connectivity index (χ1) is 10.5. The SMILES string of the molecule is CC(N)C1CCN(CC(=O)NCCc2ccc(F)cc2)CC1. The zero-order valence-electron chi connectivity index (χ0n) is 13.2. The van der Waals surface area contributed by atoms with E-state index in [1.54, 1.807) is 12.1 Å². The molecule has 5 heteroatoms. The van der Waals surface area contributed by atoms with Crippen molar-refractivity contribution in [1.82, 2.24) is 10.2 Å². The van der Waals surface area contributed by atoms with Gasteiger partial charge in [0.15, 0.2) is 0 Å². The summed E-state index contributed by atoms with van der Waals surface area (Å²) in [5, 5.41) is 2.93. The summed E-state index contributed by atoms with van der Waals surface area (Å²) in [6.07, 6.45) is 2.86. The Bertz CT molecular complexity index is 467. The van der Waals surface area contributed by atoms with Crippen molar-refractivity contribution < 1.29 is 9.18 Å². The second kappa shape index (κ2) is 8.25. The van der Waals surface area contributed by atoms with E-state index in [0.29, 0.717) is 19.0 Å². The quantitative estimate of drug-likeness (QED) is 0.838. The first-order valence-electron chi connectivity index (χ1n) is 8.03. The number of amides is 1. The van der Waals surface area contributed by atoms with Crippen LogP contribution in [0.2, 0.25) is 0 Å². The molecule has 0 aliphatic carbocycles. The Morgan fingerprint density at radius 1 is 1.36 bits per heavy atom. The monoisotopic (exact) mass is 307 g/mol. The molecule has 0 radical (unpaired) electrons. The van der Waals surface area contributed by atoms with Crippen molar-refractivity contribution >= 4 is 5.91 Å². The third-order valence-electron chi connectivity index (χ3n) is 4.39. The lowest BCUT2D eigenvalue weighted by molar-refractivity contribution is -0.122. The van der Waals surface area contributed by atoms with Crippen molar-refractivity contribution in [1.29, 1.82) is 0 Å². The molecule has 3 N–H and O–H groups in total. The summed E-state index contributed by atoms with van der Waals surface area (Å²) in [5.41, 5.74) is 6.95. The number of halogens is 1. The van der Waals surface area contributed by atoms with Crippen LogP contribution in [0.5, 0.6) is 0 Å². The molecular formula is C17H26FN3O. The standard InChI is InChI=1S/C17H26FN3O/c1-13(19)15-7-10-21(11-8-15)12-17(22)20-9-6-14-2-4-16(18)5-3-14/h2-5,13,15H,6-12,19H2,1H3,(H,20,22). The van der Waals surface area contributed by atoms with Crippen molar-refractivity contribution in [2.24, 2.45) is 11.7 Å². The number of likely N-dealkylation sites (tertiary alicyclic amines) is 1. The van der Waals surface area contributed by atoms with Crippen LogP contribution in [-0.4, -0.2) is 43.0 Å². The number of hydrogen-bond acceptors (Lipinski definition) is 3. The predicted molar refractivity (Wildman–Crippen MR) is 85.9 cm³/mol. The van der Waals surface area contributed by atoms with Crippen LogP contribution in [-0.2, 0) is 11.2 Å². The van der Waals surface area contributed by atoms with Crippen LogP contribution in [0.4, 0.5) is 4.39 Å². The molecule has 1 amide bonds. The van der Waals surface area contributed by atoms with E-state index in [2.05, 4.69) is 17.1 Å². The average molecular weight is 307 g/mol. The Morgan fingerprint density at radius 2 is 2.00 bits per heavy atom. The van der Waals surface area contributed by atoms with E-state index in [4.69, 9.17) is 5.73 Å². The number of nitrogens with two attached hydrogens (primary N) is 1. The molecule has 1 aromatic carbocycles. The van der Waals surface area contributed by atoms with Gasteiger partial charge < -0.3 is 11.1 Å². The maximum Gasteiger partial charge on any atom is 0.234 e. The predicted octanol–water partition coefficient (Wildman–Crippen LogP) is 1.54. The van der Waals surface area contributed by atoms with Crippen molar-refractivity contribution in [2.75, 3.05) is 26.2 Å². The van der Waals surface area contributed by atoms with Gasteiger partial charge in [-0.25, -0.2) is 4.39 Å². The molecule has 2 rings (SSSR count). The van der Waals surface area contributed by atoms with Gasteiger partial charge in [0.1, 0.15) is 5.82 Å². The van der Waals surface area contributed by atoms with Gasteiger partial charge in [-0.15, -0.1) is 0 Å². The lowest BCUT2D eigenvalue weighted by atomic mass is 9.91. The maximum atomic E-state index is 12.8. The molecule has 122 valence electrons. The van der Waals surface area contributed by atoms with E-state index in [-0.39, 0.29) is 17.8 Å². The average Bonchev–Trinajstić information content (AvgIpc) is 2.50. The Labute approximate surface area is 131 Å². The third kappa shape index (κ3) is 5.39. The van der Waals surface area contributed by atoms with Crippen LogP contribution in [0.1, 0.15) is 25.3 Å². The lowest BCUT2D eigenvalue weighted by Gasteiger charge is -2.33. The fourth-order valence-electron chi connectivity index (χ4n) is 2.89. The van der Waals surface area contributed by atoms with Gasteiger partial charge in [0.05, 0.1) is 6.54 Å². The molecule has 0 bridgehead atoms. The molecular weight excluding hydrogens is 281 g/mol. The van der Waals surface area contributed by atoms with Crippen molar-refractivity contribution in [2.45, 2.75) is 32.2 Å². The van der Waals surface area contributed by atoms with Crippen LogP contribution >= 0.6 is 0 Å². The molecule has 4 nitrogen and oxygen atoms in total. The molecule has 0 aromatic heterocycles. The second-order valence-corrected chi connectivity index (χ2v) is 6.20. The Balaban J connectivity index is 1.63. The molecule has 22 heavy (non-hydrogen) atoms. The van der Waals surface area contributed by atoms with Gasteiger partial charge in [-0.05, 0) is 62.9 Å². The summed E-state index contributed by atoms with van der Waals surface area (Å²) in [4.78, 5) is 14.1. The van der Waals surface area contributed by atoms with Gasteiger partial charge in [0.2, 0.25) is 5.91 Å². The Hall–Kier alpha value is -1.46. The number of nitrogens with zero attached hydrogens (tertiary/aromatic N) is 1. The minimum atomic E-state index is -0.233. The normalized spacial score (nSPS) is 18.1. The van der Waals surface area contributed by atoms with E-state index in [1.807, 2.05) is 0 Å². The van der Waals surface area contributed by atoms with Gasteiger partial charge in [-0.2, -0.15) is 0 Å². The minimum Gasteiger partial charge on any atom is -0.355 e. The molecule has 1 heterocycles. The lowest BCUT2D eigenvalue weighted by Crippen LogP contribution is -2.44. The largest absolute Gasteiger partial charge is 0.355 e. The van der Waals surface area contributed by atoms with Gasteiger partial charge in [-0.3, -0.25) is 9.69 Å². The molecule has 0 spiro atoms. The summed E-state index contributed by atoms with van der Waals surface area (Å²) >= 11 is 0. The minimum absolute atomic E-state index is 0.0568. The van der Waals surface area contributed by atoms with Crippen molar-refractivity contribution in [3.63, 3.8) is 0 Å². The molecule has 1 aromatic rings. The first kappa shape index (κ1) is 16.9. The van der Waals surface area contributed by atoms with E-state index >= 15 is 0 Å². The summed E-state index contributed by atoms with van der Waals surface area (Å²) in [5.74, 6) is 0.405. The smallest absolute Gasteiger partial charge is 0.234 e.